The van der Waals surface area contributed by atoms with Crippen LogP contribution in [-0.2, 0) is 16.1 Å². The number of nitrogens with zero attached hydrogens (tertiary/aromatic N) is 1. The van der Waals surface area contributed by atoms with E-state index in [4.69, 9.17) is 9.47 Å². The average Bonchev–Trinajstić information content (AvgIpc) is 3.17. The maximum absolute atomic E-state index is 12.4. The molecule has 0 saturated carbocycles. The van der Waals surface area contributed by atoms with E-state index in [9.17, 15) is 14.4 Å². The largest absolute Gasteiger partial charge is 0.496 e. The second-order valence-electron chi connectivity index (χ2n) is 6.40. The molecule has 2 aromatic rings. The predicted molar refractivity (Wildman–Crippen MR) is 104 cm³/mol. The molecule has 1 aliphatic rings. The Hall–Kier alpha value is -3.35. The van der Waals surface area contributed by atoms with Gasteiger partial charge in [0.15, 0.2) is 0 Å². The third-order valence-electron chi connectivity index (χ3n) is 4.64. The van der Waals surface area contributed by atoms with Gasteiger partial charge in [-0.1, -0.05) is 6.07 Å². The van der Waals surface area contributed by atoms with Gasteiger partial charge in [0, 0.05) is 30.8 Å². The van der Waals surface area contributed by atoms with Crippen LogP contribution in [0.1, 0.15) is 39.1 Å². The van der Waals surface area contributed by atoms with Crippen molar-refractivity contribution in [2.75, 3.05) is 25.7 Å². The summed E-state index contributed by atoms with van der Waals surface area (Å²) in [5.41, 5.74) is 2.35. The number of esters is 1. The van der Waals surface area contributed by atoms with Crippen molar-refractivity contribution in [3.8, 4) is 5.75 Å². The lowest BCUT2D eigenvalue weighted by Crippen LogP contribution is -2.25. The predicted octanol–water partition coefficient (Wildman–Crippen LogP) is 2.54. The van der Waals surface area contributed by atoms with E-state index in [1.165, 1.54) is 14.2 Å². The van der Waals surface area contributed by atoms with Crippen LogP contribution in [0.4, 0.5) is 5.69 Å². The highest BCUT2D eigenvalue weighted by Crippen LogP contribution is 2.22. The van der Waals surface area contributed by atoms with Gasteiger partial charge in [0.1, 0.15) is 11.3 Å². The molecular formula is C21H22N2O5. The molecule has 1 N–H and O–H groups in total. The summed E-state index contributed by atoms with van der Waals surface area (Å²) in [5, 5.41) is 2.82. The number of ether oxygens (including phenoxy) is 2. The highest BCUT2D eigenvalue weighted by atomic mass is 16.5. The van der Waals surface area contributed by atoms with E-state index < -0.39 is 5.97 Å². The minimum atomic E-state index is -0.503. The average molecular weight is 382 g/mol. The van der Waals surface area contributed by atoms with E-state index in [1.807, 2.05) is 0 Å². The van der Waals surface area contributed by atoms with E-state index >= 15 is 0 Å². The lowest BCUT2D eigenvalue weighted by molar-refractivity contribution is -0.117. The van der Waals surface area contributed by atoms with Crippen molar-refractivity contribution in [2.24, 2.45) is 0 Å². The molecule has 28 heavy (non-hydrogen) atoms. The summed E-state index contributed by atoms with van der Waals surface area (Å²) in [6.07, 6.45) is 1.42. The summed E-state index contributed by atoms with van der Waals surface area (Å²) in [6, 6.07) is 12.0. The van der Waals surface area contributed by atoms with Crippen molar-refractivity contribution in [3.05, 3.63) is 59.2 Å². The van der Waals surface area contributed by atoms with Crippen molar-refractivity contribution < 1.29 is 23.9 Å². The summed E-state index contributed by atoms with van der Waals surface area (Å²) in [6.45, 7) is 0.962. The SMILES string of the molecule is COC(=O)c1cc(CNC(=O)c2ccc(N3CCCC3=O)cc2)ccc1OC. The van der Waals surface area contributed by atoms with Gasteiger partial charge in [-0.15, -0.1) is 0 Å². The zero-order valence-corrected chi connectivity index (χ0v) is 15.9. The maximum Gasteiger partial charge on any atom is 0.341 e. The lowest BCUT2D eigenvalue weighted by Gasteiger charge is -2.16. The Bertz CT molecular complexity index is 892. The Morgan fingerprint density at radius 3 is 2.46 bits per heavy atom. The van der Waals surface area contributed by atoms with Crippen LogP contribution < -0.4 is 15.0 Å². The Morgan fingerprint density at radius 2 is 1.86 bits per heavy atom. The number of nitrogens with one attached hydrogen (secondary N) is 1. The zero-order valence-electron chi connectivity index (χ0n) is 15.9. The Balaban J connectivity index is 1.65. The zero-order chi connectivity index (χ0) is 20.1. The fourth-order valence-electron chi connectivity index (χ4n) is 3.13. The quantitative estimate of drug-likeness (QED) is 0.776. The third kappa shape index (κ3) is 4.14. The Kier molecular flexibility index (Phi) is 5.93. The van der Waals surface area contributed by atoms with E-state index in [0.717, 1.165) is 17.7 Å². The first-order valence-electron chi connectivity index (χ1n) is 8.97. The maximum atomic E-state index is 12.4. The molecule has 7 nitrogen and oxygen atoms in total. The molecule has 0 aromatic heterocycles. The monoisotopic (exact) mass is 382 g/mol. The topological polar surface area (TPSA) is 84.9 Å². The van der Waals surface area contributed by atoms with Gasteiger partial charge in [-0.25, -0.2) is 4.79 Å². The number of carbonyl (C=O) groups excluding carboxylic acids is 3. The molecule has 0 atom stereocenters. The smallest absolute Gasteiger partial charge is 0.341 e. The lowest BCUT2D eigenvalue weighted by atomic mass is 10.1. The van der Waals surface area contributed by atoms with Gasteiger partial charge in [-0.05, 0) is 48.4 Å². The van der Waals surface area contributed by atoms with Crippen LogP contribution in [0, 0.1) is 0 Å². The number of rotatable bonds is 6. The molecule has 0 unspecified atom stereocenters. The highest BCUT2D eigenvalue weighted by Gasteiger charge is 2.21. The summed E-state index contributed by atoms with van der Waals surface area (Å²) in [5.74, 6) is -0.223. The number of carbonyl (C=O) groups is 3. The van der Waals surface area contributed by atoms with E-state index in [1.54, 1.807) is 47.4 Å². The van der Waals surface area contributed by atoms with Gasteiger partial charge in [0.25, 0.3) is 5.91 Å². The van der Waals surface area contributed by atoms with Gasteiger partial charge >= 0.3 is 5.97 Å². The molecule has 2 aromatic carbocycles. The molecule has 1 heterocycles. The van der Waals surface area contributed by atoms with Crippen molar-refractivity contribution in [3.63, 3.8) is 0 Å². The molecule has 1 saturated heterocycles. The normalized spacial score (nSPS) is 13.4. The first kappa shape index (κ1) is 19.4. The molecule has 2 amide bonds. The van der Waals surface area contributed by atoms with E-state index in [0.29, 0.717) is 29.8 Å². The molecule has 0 spiro atoms. The Morgan fingerprint density at radius 1 is 1.11 bits per heavy atom. The minimum Gasteiger partial charge on any atom is -0.496 e. The first-order valence-corrected chi connectivity index (χ1v) is 8.97. The van der Waals surface area contributed by atoms with Crippen LogP contribution in [0.15, 0.2) is 42.5 Å². The van der Waals surface area contributed by atoms with Crippen molar-refractivity contribution in [2.45, 2.75) is 19.4 Å². The van der Waals surface area contributed by atoms with Gasteiger partial charge in [0.05, 0.1) is 14.2 Å². The second-order valence-corrected chi connectivity index (χ2v) is 6.40. The van der Waals surface area contributed by atoms with E-state index in [2.05, 4.69) is 5.32 Å². The summed E-state index contributed by atoms with van der Waals surface area (Å²) in [4.78, 5) is 37.8. The van der Waals surface area contributed by atoms with Crippen LogP contribution in [0.25, 0.3) is 0 Å². The molecule has 0 bridgehead atoms. The fourth-order valence-corrected chi connectivity index (χ4v) is 3.13. The van der Waals surface area contributed by atoms with Crippen molar-refractivity contribution in [1.82, 2.24) is 5.32 Å². The molecule has 3 rings (SSSR count). The number of methoxy groups -OCH3 is 2. The van der Waals surface area contributed by atoms with Gasteiger partial charge in [-0.3, -0.25) is 9.59 Å². The van der Waals surface area contributed by atoms with Gasteiger partial charge < -0.3 is 19.7 Å². The van der Waals surface area contributed by atoms with E-state index in [-0.39, 0.29) is 18.4 Å². The summed E-state index contributed by atoms with van der Waals surface area (Å²) >= 11 is 0. The molecule has 0 aliphatic carbocycles. The molecule has 1 fully saturated rings. The minimum absolute atomic E-state index is 0.109. The number of anilines is 1. The fraction of sp³-hybridized carbons (Fsp3) is 0.286. The number of amides is 2. The molecular weight excluding hydrogens is 360 g/mol. The standard InChI is InChI=1S/C21H22N2O5/c1-27-18-10-5-14(12-17(18)21(26)28-2)13-22-20(25)15-6-8-16(9-7-15)23-11-3-4-19(23)24/h5-10,12H,3-4,11,13H2,1-2H3,(H,22,25). The molecule has 0 radical (unpaired) electrons. The van der Waals surface area contributed by atoms with Crippen molar-refractivity contribution in [1.29, 1.82) is 0 Å². The molecule has 7 heteroatoms. The summed E-state index contributed by atoms with van der Waals surface area (Å²) < 4.78 is 9.92. The van der Waals surface area contributed by atoms with Crippen LogP contribution in [0.3, 0.4) is 0 Å². The number of benzene rings is 2. The van der Waals surface area contributed by atoms with Gasteiger partial charge in [-0.2, -0.15) is 0 Å². The number of hydrogen-bond acceptors (Lipinski definition) is 5. The second kappa shape index (κ2) is 8.56. The first-order chi connectivity index (χ1) is 13.5. The summed E-state index contributed by atoms with van der Waals surface area (Å²) in [7, 11) is 2.78. The van der Waals surface area contributed by atoms with Crippen LogP contribution in [0.2, 0.25) is 0 Å². The number of hydrogen-bond donors (Lipinski definition) is 1. The van der Waals surface area contributed by atoms with Crippen LogP contribution >= 0.6 is 0 Å². The Labute approximate surface area is 163 Å². The van der Waals surface area contributed by atoms with Crippen LogP contribution in [0.5, 0.6) is 5.75 Å². The van der Waals surface area contributed by atoms with Crippen LogP contribution in [-0.4, -0.2) is 38.5 Å². The highest BCUT2D eigenvalue weighted by molar-refractivity contribution is 5.97. The molecule has 146 valence electrons. The third-order valence-corrected chi connectivity index (χ3v) is 4.64. The molecule has 1 aliphatic heterocycles. The van der Waals surface area contributed by atoms with Crippen molar-refractivity contribution >= 4 is 23.5 Å². The van der Waals surface area contributed by atoms with Gasteiger partial charge in [0.2, 0.25) is 5.91 Å².